The quantitative estimate of drug-likeness (QED) is 0.602. The molecule has 2 aromatic carbocycles. The first-order chi connectivity index (χ1) is 11.5. The number of carbonyl (C=O) groups is 2. The van der Waals surface area contributed by atoms with Crippen LogP contribution in [0.15, 0.2) is 36.4 Å². The summed E-state index contributed by atoms with van der Waals surface area (Å²) in [6.45, 7) is 0. The number of alkyl halides is 1. The van der Waals surface area contributed by atoms with E-state index >= 15 is 0 Å². The largest absolute Gasteiger partial charge is 0.322 e. The molecule has 0 aliphatic heterocycles. The van der Waals surface area contributed by atoms with Crippen LogP contribution in [0.3, 0.4) is 0 Å². The van der Waals surface area contributed by atoms with Crippen LogP contribution in [-0.2, 0) is 6.42 Å². The summed E-state index contributed by atoms with van der Waals surface area (Å²) < 4.78 is 27.3. The molecule has 1 atom stereocenters. The second-order valence-corrected chi connectivity index (χ2v) is 6.75. The third-order valence-electron chi connectivity index (χ3n) is 4.01. The van der Waals surface area contributed by atoms with Crippen LogP contribution in [0.25, 0.3) is 0 Å². The smallest absolute Gasteiger partial charge is 0.261 e. The zero-order valence-corrected chi connectivity index (χ0v) is 14.2. The van der Waals surface area contributed by atoms with Gasteiger partial charge in [0.15, 0.2) is 5.78 Å². The Balaban J connectivity index is 1.88. The Morgan fingerprint density at radius 2 is 1.88 bits per heavy atom. The second-order valence-electron chi connectivity index (χ2n) is 5.65. The number of nitrogens with one attached hydrogen (secondary N) is 1. The van der Waals surface area contributed by atoms with E-state index < -0.39 is 23.1 Å². The molecule has 2 aromatic rings. The second kappa shape index (κ2) is 6.81. The Morgan fingerprint density at radius 1 is 1.17 bits per heavy atom. The molecular formula is C18H14BrF2NO2. The molecular weight excluding hydrogens is 380 g/mol. The number of ketones is 1. The van der Waals surface area contributed by atoms with Crippen LogP contribution in [-0.4, -0.2) is 16.5 Å². The molecule has 6 heteroatoms. The van der Waals surface area contributed by atoms with E-state index in [4.69, 9.17) is 0 Å². The number of aryl methyl sites for hydroxylation is 1. The van der Waals surface area contributed by atoms with Crippen molar-refractivity contribution in [2.75, 3.05) is 5.32 Å². The molecule has 0 aromatic heterocycles. The van der Waals surface area contributed by atoms with Gasteiger partial charge < -0.3 is 5.32 Å². The lowest BCUT2D eigenvalue weighted by atomic mass is 10.0. The minimum absolute atomic E-state index is 0.0144. The van der Waals surface area contributed by atoms with Crippen molar-refractivity contribution in [1.82, 2.24) is 0 Å². The molecule has 1 aliphatic carbocycles. The van der Waals surface area contributed by atoms with Gasteiger partial charge in [0, 0.05) is 11.3 Å². The van der Waals surface area contributed by atoms with Crippen molar-refractivity contribution in [2.24, 2.45) is 0 Å². The fourth-order valence-corrected chi connectivity index (χ4v) is 3.37. The summed E-state index contributed by atoms with van der Waals surface area (Å²) in [6.07, 6.45) is 2.30. The monoisotopic (exact) mass is 393 g/mol. The molecule has 0 fully saturated rings. The molecule has 0 saturated carbocycles. The normalized spacial score (nSPS) is 17.1. The molecule has 0 saturated heterocycles. The molecule has 0 radical (unpaired) electrons. The van der Waals surface area contributed by atoms with E-state index in [1.54, 1.807) is 18.2 Å². The summed E-state index contributed by atoms with van der Waals surface area (Å²) in [5, 5.41) is 2.49. The zero-order chi connectivity index (χ0) is 17.3. The standard InChI is InChI=1S/C18H14BrF2NO2/c19-13-4-1-3-10-9-11(7-8-12(10)17(13)23)22-18(24)16-14(20)5-2-6-15(16)21/h2,5-9,13H,1,3-4H2,(H,22,24). The minimum Gasteiger partial charge on any atom is -0.322 e. The highest BCUT2D eigenvalue weighted by atomic mass is 79.9. The van der Waals surface area contributed by atoms with Crippen molar-refractivity contribution < 1.29 is 18.4 Å². The number of halogens is 3. The predicted octanol–water partition coefficient (Wildman–Crippen LogP) is 4.50. The first kappa shape index (κ1) is 16.8. The maximum atomic E-state index is 13.7. The topological polar surface area (TPSA) is 46.2 Å². The lowest BCUT2D eigenvalue weighted by Gasteiger charge is -2.11. The van der Waals surface area contributed by atoms with E-state index in [0.717, 1.165) is 30.5 Å². The number of carbonyl (C=O) groups excluding carboxylic acids is 2. The molecule has 0 spiro atoms. The molecule has 1 N–H and O–H groups in total. The Labute approximate surface area is 146 Å². The predicted molar refractivity (Wildman–Crippen MR) is 90.7 cm³/mol. The maximum absolute atomic E-state index is 13.7. The summed E-state index contributed by atoms with van der Waals surface area (Å²) in [4.78, 5) is 24.2. The number of Topliss-reactive ketones (excluding diaryl/α,β-unsaturated/α-hetero) is 1. The van der Waals surface area contributed by atoms with Gasteiger partial charge in [-0.25, -0.2) is 8.78 Å². The van der Waals surface area contributed by atoms with Crippen molar-refractivity contribution in [3.63, 3.8) is 0 Å². The zero-order valence-electron chi connectivity index (χ0n) is 12.6. The Bertz CT molecular complexity index is 802. The number of hydrogen-bond acceptors (Lipinski definition) is 2. The molecule has 124 valence electrons. The highest BCUT2D eigenvalue weighted by molar-refractivity contribution is 9.10. The van der Waals surface area contributed by atoms with Gasteiger partial charge in [-0.1, -0.05) is 22.0 Å². The summed E-state index contributed by atoms with van der Waals surface area (Å²) in [5.74, 6) is -2.68. The number of fused-ring (bicyclic) bond motifs is 1. The molecule has 0 heterocycles. The first-order valence-electron chi connectivity index (χ1n) is 7.54. The SMILES string of the molecule is O=C(Nc1ccc2c(c1)CCCC(Br)C2=O)c1c(F)cccc1F. The van der Waals surface area contributed by atoms with E-state index in [1.807, 2.05) is 0 Å². The van der Waals surface area contributed by atoms with Crippen molar-refractivity contribution in [3.05, 3.63) is 64.7 Å². The van der Waals surface area contributed by atoms with E-state index in [1.165, 1.54) is 6.07 Å². The Kier molecular flexibility index (Phi) is 4.76. The molecule has 0 bridgehead atoms. The van der Waals surface area contributed by atoms with E-state index in [0.29, 0.717) is 17.7 Å². The minimum atomic E-state index is -0.917. The molecule has 1 unspecified atom stereocenters. The maximum Gasteiger partial charge on any atom is 0.261 e. The first-order valence-corrected chi connectivity index (χ1v) is 8.45. The van der Waals surface area contributed by atoms with Crippen molar-refractivity contribution in [1.29, 1.82) is 0 Å². The van der Waals surface area contributed by atoms with Gasteiger partial charge in [0.25, 0.3) is 5.91 Å². The number of amides is 1. The van der Waals surface area contributed by atoms with Crippen molar-refractivity contribution in [3.8, 4) is 0 Å². The Hall–Kier alpha value is -2.08. The molecule has 3 rings (SSSR count). The van der Waals surface area contributed by atoms with Crippen LogP contribution >= 0.6 is 15.9 Å². The summed E-state index contributed by atoms with van der Waals surface area (Å²) in [7, 11) is 0. The average molecular weight is 394 g/mol. The number of benzene rings is 2. The van der Waals surface area contributed by atoms with Crippen molar-refractivity contribution in [2.45, 2.75) is 24.1 Å². The fraction of sp³-hybridized carbons (Fsp3) is 0.222. The van der Waals surface area contributed by atoms with Gasteiger partial charge in [-0.3, -0.25) is 9.59 Å². The van der Waals surface area contributed by atoms with Crippen LogP contribution in [0.5, 0.6) is 0 Å². The third kappa shape index (κ3) is 3.24. The summed E-state index contributed by atoms with van der Waals surface area (Å²) in [5.41, 5.74) is 1.23. The molecule has 3 nitrogen and oxygen atoms in total. The molecule has 24 heavy (non-hydrogen) atoms. The third-order valence-corrected chi connectivity index (χ3v) is 4.88. The van der Waals surface area contributed by atoms with E-state index in [9.17, 15) is 18.4 Å². The molecule has 1 amide bonds. The van der Waals surface area contributed by atoms with Gasteiger partial charge in [-0.2, -0.15) is 0 Å². The van der Waals surface area contributed by atoms with Crippen LogP contribution in [0, 0.1) is 11.6 Å². The van der Waals surface area contributed by atoms with E-state index in [2.05, 4.69) is 21.2 Å². The van der Waals surface area contributed by atoms with Gasteiger partial charge in [-0.15, -0.1) is 0 Å². The van der Waals surface area contributed by atoms with E-state index in [-0.39, 0.29) is 10.6 Å². The average Bonchev–Trinajstić information content (AvgIpc) is 2.67. The lowest BCUT2D eigenvalue weighted by molar-refractivity contribution is 0.0988. The van der Waals surface area contributed by atoms with Crippen LogP contribution in [0.4, 0.5) is 14.5 Å². The van der Waals surface area contributed by atoms with Gasteiger partial charge >= 0.3 is 0 Å². The summed E-state index contributed by atoms with van der Waals surface area (Å²) >= 11 is 3.38. The van der Waals surface area contributed by atoms with Gasteiger partial charge in [0.05, 0.1) is 4.83 Å². The Morgan fingerprint density at radius 3 is 2.58 bits per heavy atom. The number of anilines is 1. The number of hydrogen-bond donors (Lipinski definition) is 1. The summed E-state index contributed by atoms with van der Waals surface area (Å²) in [6, 6.07) is 8.16. The lowest BCUT2D eigenvalue weighted by Crippen LogP contribution is -2.17. The van der Waals surface area contributed by atoms with Crippen LogP contribution in [0.2, 0.25) is 0 Å². The van der Waals surface area contributed by atoms with Gasteiger partial charge in [0.1, 0.15) is 17.2 Å². The van der Waals surface area contributed by atoms with Gasteiger partial charge in [0.2, 0.25) is 0 Å². The highest BCUT2D eigenvalue weighted by Crippen LogP contribution is 2.27. The fourth-order valence-electron chi connectivity index (χ4n) is 2.80. The highest BCUT2D eigenvalue weighted by Gasteiger charge is 2.24. The number of rotatable bonds is 2. The van der Waals surface area contributed by atoms with Crippen molar-refractivity contribution >= 4 is 33.3 Å². The molecule has 1 aliphatic rings. The van der Waals surface area contributed by atoms with Crippen LogP contribution in [0.1, 0.15) is 39.1 Å². The van der Waals surface area contributed by atoms with Crippen LogP contribution < -0.4 is 5.32 Å². The van der Waals surface area contributed by atoms with Gasteiger partial charge in [-0.05, 0) is 55.2 Å².